The van der Waals surface area contributed by atoms with Gasteiger partial charge in [-0.1, -0.05) is 30.3 Å². The van der Waals surface area contributed by atoms with Gasteiger partial charge in [0.05, 0.1) is 27.4 Å². The predicted molar refractivity (Wildman–Crippen MR) is 157 cm³/mol. The number of hydrogen-bond acceptors (Lipinski definition) is 7. The van der Waals surface area contributed by atoms with Crippen LogP contribution in [0.2, 0.25) is 0 Å². The number of benzene rings is 3. The van der Waals surface area contributed by atoms with Crippen molar-refractivity contribution < 1.29 is 8.42 Å². The number of aryl methyl sites for hydroxylation is 2. The highest BCUT2D eigenvalue weighted by molar-refractivity contribution is 7.89. The summed E-state index contributed by atoms with van der Waals surface area (Å²) >= 11 is 0. The van der Waals surface area contributed by atoms with Gasteiger partial charge in [0.1, 0.15) is 12.1 Å². The topological polar surface area (TPSA) is 94.7 Å². The zero-order chi connectivity index (χ0) is 28.3. The van der Waals surface area contributed by atoms with Crippen LogP contribution in [0.1, 0.15) is 27.8 Å². The molecule has 0 aromatic heterocycles. The molecule has 0 unspecified atom stereocenters. The number of para-hydroxylation sites is 2. The van der Waals surface area contributed by atoms with E-state index in [2.05, 4.69) is 26.8 Å². The van der Waals surface area contributed by atoms with Crippen molar-refractivity contribution in [3.63, 3.8) is 0 Å². The maximum Gasteiger partial charge on any atom is 0.243 e. The molecular weight excluding hydrogens is 520 g/mol. The van der Waals surface area contributed by atoms with Crippen molar-refractivity contribution in [1.29, 1.82) is 10.5 Å². The minimum Gasteiger partial charge on any atom is -0.368 e. The van der Waals surface area contributed by atoms with Crippen molar-refractivity contribution in [3.8, 4) is 12.1 Å². The third-order valence-corrected chi connectivity index (χ3v) is 10.0. The summed E-state index contributed by atoms with van der Waals surface area (Å²) in [4.78, 5) is 7.07. The Bertz CT molecular complexity index is 1570. The Morgan fingerprint density at radius 3 is 1.73 bits per heavy atom. The minimum atomic E-state index is -3.66. The summed E-state index contributed by atoms with van der Waals surface area (Å²) in [7, 11) is -3.66. The van der Waals surface area contributed by atoms with Crippen LogP contribution >= 0.6 is 0 Å². The molecule has 206 valence electrons. The van der Waals surface area contributed by atoms with E-state index in [1.54, 1.807) is 10.4 Å². The van der Waals surface area contributed by atoms with Gasteiger partial charge in [-0.3, -0.25) is 4.90 Å². The Morgan fingerprint density at radius 2 is 1.20 bits per heavy atom. The predicted octanol–water partition coefficient (Wildman–Crippen LogP) is 3.88. The van der Waals surface area contributed by atoms with Crippen molar-refractivity contribution in [2.24, 2.45) is 0 Å². The van der Waals surface area contributed by atoms with Crippen LogP contribution in [0.15, 0.2) is 65.6 Å². The normalized spacial score (nSPS) is 16.9. The van der Waals surface area contributed by atoms with Crippen molar-refractivity contribution >= 4 is 21.4 Å². The van der Waals surface area contributed by atoms with Crippen LogP contribution < -0.4 is 9.80 Å². The Hall–Kier alpha value is -3.89. The average Bonchev–Trinajstić information content (AvgIpc) is 2.98. The third-order valence-electron chi connectivity index (χ3n) is 7.99. The van der Waals surface area contributed by atoms with E-state index in [0.29, 0.717) is 48.7 Å². The Balaban J connectivity index is 1.27. The third kappa shape index (κ3) is 5.55. The monoisotopic (exact) mass is 554 g/mol. The van der Waals surface area contributed by atoms with Crippen LogP contribution in [-0.4, -0.2) is 70.0 Å². The summed E-state index contributed by atoms with van der Waals surface area (Å²) in [5, 5.41) is 18.9. The van der Waals surface area contributed by atoms with Crippen molar-refractivity contribution in [2.75, 3.05) is 62.2 Å². The van der Waals surface area contributed by atoms with Gasteiger partial charge in [-0.05, 0) is 60.9 Å². The fourth-order valence-electron chi connectivity index (χ4n) is 5.71. The first kappa shape index (κ1) is 27.7. The van der Waals surface area contributed by atoms with Gasteiger partial charge in [0.15, 0.2) is 0 Å². The number of nitriles is 2. The van der Waals surface area contributed by atoms with E-state index in [9.17, 15) is 18.9 Å². The molecule has 3 aromatic carbocycles. The van der Waals surface area contributed by atoms with Gasteiger partial charge >= 0.3 is 0 Å². The van der Waals surface area contributed by atoms with Crippen LogP contribution in [0.25, 0.3) is 0 Å². The molecule has 3 aromatic rings. The second-order valence-corrected chi connectivity index (χ2v) is 12.4. The zero-order valence-electron chi connectivity index (χ0n) is 23.0. The van der Waals surface area contributed by atoms with Crippen LogP contribution in [-0.2, 0) is 16.6 Å². The number of rotatable bonds is 6. The van der Waals surface area contributed by atoms with Gasteiger partial charge in [0.2, 0.25) is 10.0 Å². The summed E-state index contributed by atoms with van der Waals surface area (Å²) in [6.07, 6.45) is 0. The molecule has 0 saturated carbocycles. The smallest absolute Gasteiger partial charge is 0.243 e. The lowest BCUT2D eigenvalue weighted by molar-refractivity contribution is 0.249. The molecule has 0 radical (unpaired) electrons. The number of nitrogens with zero attached hydrogens (tertiary/aromatic N) is 6. The molecule has 2 aliphatic rings. The summed E-state index contributed by atoms with van der Waals surface area (Å²) in [6, 6.07) is 23.5. The van der Waals surface area contributed by atoms with Gasteiger partial charge in [0.25, 0.3) is 0 Å². The van der Waals surface area contributed by atoms with Crippen molar-refractivity contribution in [1.82, 2.24) is 9.21 Å². The quantitative estimate of drug-likeness (QED) is 0.456. The average molecular weight is 555 g/mol. The molecule has 0 spiro atoms. The lowest BCUT2D eigenvalue weighted by Gasteiger charge is -2.37. The molecule has 40 heavy (non-hydrogen) atoms. The van der Waals surface area contributed by atoms with E-state index < -0.39 is 10.0 Å². The Kier molecular flexibility index (Phi) is 8.09. The number of piperazine rings is 2. The highest BCUT2D eigenvalue weighted by Gasteiger charge is 2.31. The highest BCUT2D eigenvalue weighted by Crippen LogP contribution is 2.28. The van der Waals surface area contributed by atoms with Crippen LogP contribution in [0.4, 0.5) is 11.4 Å². The standard InChI is InChI=1S/C31H34N6O2S/c1-24-19-25(2)31(40(38,39)37-17-15-36(16-18-37)30-10-6-4-8-27(30)22-33)20-28(24)23-34-11-13-35(14-12-34)29-9-5-3-7-26(29)21-32/h3-10,19-20H,11-18,23H2,1-2H3. The Morgan fingerprint density at radius 1 is 0.700 bits per heavy atom. The van der Waals surface area contributed by atoms with Gasteiger partial charge in [-0.15, -0.1) is 0 Å². The molecule has 0 N–H and O–H groups in total. The summed E-state index contributed by atoms with van der Waals surface area (Å²) in [6.45, 7) is 9.71. The molecule has 2 aliphatic heterocycles. The molecule has 0 amide bonds. The first-order chi connectivity index (χ1) is 19.3. The molecule has 0 bridgehead atoms. The molecule has 9 heteroatoms. The number of hydrogen-bond donors (Lipinski definition) is 0. The maximum atomic E-state index is 13.8. The fourth-order valence-corrected chi connectivity index (χ4v) is 7.39. The molecule has 0 atom stereocenters. The van der Waals surface area contributed by atoms with Crippen LogP contribution in [0.5, 0.6) is 0 Å². The largest absolute Gasteiger partial charge is 0.368 e. The van der Waals surface area contributed by atoms with Gasteiger partial charge < -0.3 is 9.80 Å². The first-order valence-corrected chi connectivity index (χ1v) is 15.1. The van der Waals surface area contributed by atoms with Crippen LogP contribution in [0, 0.1) is 36.5 Å². The lowest BCUT2D eigenvalue weighted by Crippen LogP contribution is -2.49. The molecule has 0 aliphatic carbocycles. The first-order valence-electron chi connectivity index (χ1n) is 13.6. The minimum absolute atomic E-state index is 0.372. The van der Waals surface area contributed by atoms with E-state index in [1.807, 2.05) is 68.4 Å². The molecular formula is C31H34N6O2S. The fraction of sp³-hybridized carbons (Fsp3) is 0.355. The zero-order valence-corrected chi connectivity index (χ0v) is 23.9. The molecule has 5 rings (SSSR count). The number of anilines is 2. The second kappa shape index (κ2) is 11.7. The molecule has 2 heterocycles. The van der Waals surface area contributed by atoms with E-state index in [1.165, 1.54) is 0 Å². The molecule has 2 saturated heterocycles. The summed E-state index contributed by atoms with van der Waals surface area (Å²) in [5.74, 6) is 0. The van der Waals surface area contributed by atoms with E-state index in [-0.39, 0.29) is 0 Å². The van der Waals surface area contributed by atoms with Gasteiger partial charge in [0, 0.05) is 58.9 Å². The molecule has 2 fully saturated rings. The van der Waals surface area contributed by atoms with Crippen molar-refractivity contribution in [2.45, 2.75) is 25.3 Å². The number of sulfonamides is 1. The highest BCUT2D eigenvalue weighted by atomic mass is 32.2. The lowest BCUT2D eigenvalue weighted by atomic mass is 10.0. The molecule has 8 nitrogen and oxygen atoms in total. The van der Waals surface area contributed by atoms with E-state index in [0.717, 1.165) is 54.2 Å². The summed E-state index contributed by atoms with van der Waals surface area (Å²) < 4.78 is 29.2. The van der Waals surface area contributed by atoms with Gasteiger partial charge in [-0.25, -0.2) is 8.42 Å². The SMILES string of the molecule is Cc1cc(C)c(S(=O)(=O)N2CCN(c3ccccc3C#N)CC2)cc1CN1CCN(c2ccccc2C#N)CC1. The van der Waals surface area contributed by atoms with E-state index >= 15 is 0 Å². The maximum absolute atomic E-state index is 13.8. The second-order valence-electron chi connectivity index (χ2n) is 10.5. The van der Waals surface area contributed by atoms with Crippen LogP contribution in [0.3, 0.4) is 0 Å². The van der Waals surface area contributed by atoms with Crippen molar-refractivity contribution in [3.05, 3.63) is 88.5 Å². The van der Waals surface area contributed by atoms with E-state index in [4.69, 9.17) is 0 Å². The summed E-state index contributed by atoms with van der Waals surface area (Å²) in [5.41, 5.74) is 6.00. The van der Waals surface area contributed by atoms with Gasteiger partial charge in [-0.2, -0.15) is 14.8 Å². The Labute approximate surface area is 237 Å².